The van der Waals surface area contributed by atoms with Crippen LogP contribution in [0.3, 0.4) is 0 Å². The SMILES string of the molecule is Cc1ccc(C(C)NCCNC(=O)OC(C)(C)C)o1. The van der Waals surface area contributed by atoms with E-state index in [9.17, 15) is 4.79 Å². The van der Waals surface area contributed by atoms with Crippen molar-refractivity contribution in [3.8, 4) is 0 Å². The summed E-state index contributed by atoms with van der Waals surface area (Å²) in [6, 6.07) is 4.01. The summed E-state index contributed by atoms with van der Waals surface area (Å²) in [5.74, 6) is 1.80. The molecule has 5 nitrogen and oxygen atoms in total. The Morgan fingerprint density at radius 2 is 2.05 bits per heavy atom. The van der Waals surface area contributed by atoms with Crippen LogP contribution in [-0.4, -0.2) is 24.8 Å². The number of hydrogen-bond acceptors (Lipinski definition) is 4. The number of rotatable bonds is 5. The Labute approximate surface area is 114 Å². The lowest BCUT2D eigenvalue weighted by Gasteiger charge is -2.20. The van der Waals surface area contributed by atoms with Crippen LogP contribution in [-0.2, 0) is 4.74 Å². The van der Waals surface area contributed by atoms with Crippen LogP contribution in [0.4, 0.5) is 4.79 Å². The number of aryl methyl sites for hydroxylation is 1. The van der Waals surface area contributed by atoms with Crippen LogP contribution in [0.25, 0.3) is 0 Å². The highest BCUT2D eigenvalue weighted by Crippen LogP contribution is 2.14. The Hall–Kier alpha value is -1.49. The van der Waals surface area contributed by atoms with Crippen molar-refractivity contribution in [3.63, 3.8) is 0 Å². The summed E-state index contributed by atoms with van der Waals surface area (Å²) in [6.45, 7) is 10.6. The van der Waals surface area contributed by atoms with Gasteiger partial charge in [0.2, 0.25) is 0 Å². The summed E-state index contributed by atoms with van der Waals surface area (Å²) in [5.41, 5.74) is -0.462. The van der Waals surface area contributed by atoms with Gasteiger partial charge in [0, 0.05) is 13.1 Å². The van der Waals surface area contributed by atoms with E-state index in [0.29, 0.717) is 13.1 Å². The minimum Gasteiger partial charge on any atom is -0.465 e. The molecule has 0 aliphatic carbocycles. The fourth-order valence-corrected chi connectivity index (χ4v) is 1.55. The molecule has 1 rings (SSSR count). The minimum atomic E-state index is -0.462. The number of alkyl carbamates (subject to hydrolysis) is 1. The van der Waals surface area contributed by atoms with Gasteiger partial charge in [-0.1, -0.05) is 0 Å². The molecule has 1 amide bonds. The molecule has 0 aliphatic heterocycles. The lowest BCUT2D eigenvalue weighted by molar-refractivity contribution is 0.0528. The first-order valence-corrected chi connectivity index (χ1v) is 6.54. The van der Waals surface area contributed by atoms with Gasteiger partial charge in [0.25, 0.3) is 0 Å². The van der Waals surface area contributed by atoms with Crippen LogP contribution >= 0.6 is 0 Å². The van der Waals surface area contributed by atoms with Crippen LogP contribution in [0.1, 0.15) is 45.3 Å². The van der Waals surface area contributed by atoms with E-state index in [0.717, 1.165) is 11.5 Å². The van der Waals surface area contributed by atoms with Gasteiger partial charge in [0.1, 0.15) is 17.1 Å². The maximum atomic E-state index is 11.4. The molecular formula is C14H24N2O3. The van der Waals surface area contributed by atoms with Crippen molar-refractivity contribution in [2.24, 2.45) is 0 Å². The largest absolute Gasteiger partial charge is 0.465 e. The molecule has 1 atom stereocenters. The van der Waals surface area contributed by atoms with Crippen molar-refractivity contribution in [2.75, 3.05) is 13.1 Å². The lowest BCUT2D eigenvalue weighted by Crippen LogP contribution is -2.36. The fraction of sp³-hybridized carbons (Fsp3) is 0.643. The number of nitrogens with one attached hydrogen (secondary N) is 2. The zero-order valence-electron chi connectivity index (χ0n) is 12.4. The summed E-state index contributed by atoms with van der Waals surface area (Å²) in [4.78, 5) is 11.4. The van der Waals surface area contributed by atoms with Crippen molar-refractivity contribution in [2.45, 2.75) is 46.3 Å². The predicted octanol–water partition coefficient (Wildman–Crippen LogP) is 2.76. The summed E-state index contributed by atoms with van der Waals surface area (Å²) in [5, 5.41) is 5.96. The second-order valence-electron chi connectivity index (χ2n) is 5.55. The van der Waals surface area contributed by atoms with Crippen LogP contribution in [0.2, 0.25) is 0 Å². The first kappa shape index (κ1) is 15.6. The molecule has 0 fully saturated rings. The molecule has 1 unspecified atom stereocenters. The van der Waals surface area contributed by atoms with Gasteiger partial charge < -0.3 is 19.8 Å². The van der Waals surface area contributed by atoms with Crippen molar-refractivity contribution in [1.82, 2.24) is 10.6 Å². The smallest absolute Gasteiger partial charge is 0.407 e. The molecule has 0 saturated carbocycles. The molecule has 0 radical (unpaired) electrons. The van der Waals surface area contributed by atoms with Crippen molar-refractivity contribution < 1.29 is 13.9 Å². The standard InChI is InChI=1S/C14H24N2O3/c1-10-6-7-12(18-10)11(2)15-8-9-16-13(17)19-14(3,4)5/h6-7,11,15H,8-9H2,1-5H3,(H,16,17). The van der Waals surface area contributed by atoms with Gasteiger partial charge in [-0.25, -0.2) is 4.79 Å². The number of hydrogen-bond donors (Lipinski definition) is 2. The van der Waals surface area contributed by atoms with E-state index in [4.69, 9.17) is 9.15 Å². The normalized spacial score (nSPS) is 13.1. The van der Waals surface area contributed by atoms with Crippen molar-refractivity contribution in [1.29, 1.82) is 0 Å². The van der Waals surface area contributed by atoms with E-state index in [-0.39, 0.29) is 6.04 Å². The van der Waals surface area contributed by atoms with Gasteiger partial charge in [0.05, 0.1) is 6.04 Å². The molecule has 108 valence electrons. The Morgan fingerprint density at radius 1 is 1.37 bits per heavy atom. The van der Waals surface area contributed by atoms with Crippen LogP contribution in [0, 0.1) is 6.92 Å². The third kappa shape index (κ3) is 6.29. The molecular weight excluding hydrogens is 244 g/mol. The first-order valence-electron chi connectivity index (χ1n) is 6.54. The third-order valence-corrected chi connectivity index (χ3v) is 2.43. The summed E-state index contributed by atoms with van der Waals surface area (Å²) in [7, 11) is 0. The molecule has 19 heavy (non-hydrogen) atoms. The van der Waals surface area contributed by atoms with Gasteiger partial charge in [-0.15, -0.1) is 0 Å². The number of carbonyl (C=O) groups excluding carboxylic acids is 1. The lowest BCUT2D eigenvalue weighted by atomic mass is 10.2. The maximum Gasteiger partial charge on any atom is 0.407 e. The summed E-state index contributed by atoms with van der Waals surface area (Å²) in [6.07, 6.45) is -0.393. The van der Waals surface area contributed by atoms with Gasteiger partial charge in [-0.2, -0.15) is 0 Å². The number of ether oxygens (including phenoxy) is 1. The van der Waals surface area contributed by atoms with Crippen LogP contribution < -0.4 is 10.6 Å². The Kier molecular flexibility index (Phi) is 5.42. The van der Waals surface area contributed by atoms with Crippen molar-refractivity contribution in [3.05, 3.63) is 23.7 Å². The highest BCUT2D eigenvalue weighted by Gasteiger charge is 2.15. The Morgan fingerprint density at radius 3 is 2.58 bits per heavy atom. The number of amides is 1. The van der Waals surface area contributed by atoms with E-state index in [2.05, 4.69) is 10.6 Å². The zero-order chi connectivity index (χ0) is 14.5. The molecule has 5 heteroatoms. The molecule has 1 heterocycles. The van der Waals surface area contributed by atoms with E-state index < -0.39 is 11.7 Å². The fourth-order valence-electron chi connectivity index (χ4n) is 1.55. The average Bonchev–Trinajstić information content (AvgIpc) is 2.68. The van der Waals surface area contributed by atoms with E-state index >= 15 is 0 Å². The third-order valence-electron chi connectivity index (χ3n) is 2.43. The molecule has 1 aromatic heterocycles. The molecule has 0 bridgehead atoms. The second-order valence-corrected chi connectivity index (χ2v) is 5.55. The monoisotopic (exact) mass is 268 g/mol. The molecule has 0 aliphatic rings. The summed E-state index contributed by atoms with van der Waals surface area (Å²) < 4.78 is 10.7. The molecule has 0 aromatic carbocycles. The molecule has 1 aromatic rings. The van der Waals surface area contributed by atoms with Gasteiger partial charge in [-0.05, 0) is 46.8 Å². The first-order chi connectivity index (χ1) is 8.78. The van der Waals surface area contributed by atoms with Gasteiger partial charge in [0.15, 0.2) is 0 Å². The highest BCUT2D eigenvalue weighted by molar-refractivity contribution is 5.67. The second kappa shape index (κ2) is 6.61. The van der Waals surface area contributed by atoms with E-state index in [1.165, 1.54) is 0 Å². The Bertz CT molecular complexity index is 407. The van der Waals surface area contributed by atoms with Crippen molar-refractivity contribution >= 4 is 6.09 Å². The minimum absolute atomic E-state index is 0.120. The predicted molar refractivity (Wildman–Crippen MR) is 74.1 cm³/mol. The number of furan rings is 1. The molecule has 0 saturated heterocycles. The molecule has 0 spiro atoms. The van der Waals surface area contributed by atoms with E-state index in [1.54, 1.807) is 0 Å². The summed E-state index contributed by atoms with van der Waals surface area (Å²) >= 11 is 0. The Balaban J connectivity index is 2.19. The maximum absolute atomic E-state index is 11.4. The zero-order valence-corrected chi connectivity index (χ0v) is 12.4. The number of carbonyl (C=O) groups is 1. The highest BCUT2D eigenvalue weighted by atomic mass is 16.6. The van der Waals surface area contributed by atoms with Gasteiger partial charge in [-0.3, -0.25) is 0 Å². The van der Waals surface area contributed by atoms with Gasteiger partial charge >= 0.3 is 6.09 Å². The van der Waals surface area contributed by atoms with E-state index in [1.807, 2.05) is 46.8 Å². The van der Waals surface area contributed by atoms with Crippen LogP contribution in [0.15, 0.2) is 16.5 Å². The topological polar surface area (TPSA) is 63.5 Å². The van der Waals surface area contributed by atoms with Crippen LogP contribution in [0.5, 0.6) is 0 Å². The molecule has 2 N–H and O–H groups in total. The quantitative estimate of drug-likeness (QED) is 0.806. The average molecular weight is 268 g/mol.